The summed E-state index contributed by atoms with van der Waals surface area (Å²) in [5.74, 6) is -1.26. The molecule has 1 aromatic carbocycles. The van der Waals surface area contributed by atoms with Crippen molar-refractivity contribution < 1.29 is 14.7 Å². The third-order valence-corrected chi connectivity index (χ3v) is 5.73. The lowest BCUT2D eigenvalue weighted by atomic mass is 9.93. The van der Waals surface area contributed by atoms with Crippen molar-refractivity contribution in [3.05, 3.63) is 100 Å². The molecule has 34 heavy (non-hydrogen) atoms. The van der Waals surface area contributed by atoms with Crippen LogP contribution in [0.2, 0.25) is 0 Å². The molecular formula is C27H31N3O4. The van der Waals surface area contributed by atoms with Crippen LogP contribution in [-0.2, 0) is 9.59 Å². The van der Waals surface area contributed by atoms with Crippen LogP contribution in [0, 0.1) is 12.8 Å². The number of pyridine rings is 1. The Balaban J connectivity index is 1.95. The van der Waals surface area contributed by atoms with E-state index in [0.29, 0.717) is 12.0 Å². The number of amides is 1. The first-order valence-electron chi connectivity index (χ1n) is 11.3. The number of aromatic nitrogens is 1. The van der Waals surface area contributed by atoms with Crippen LogP contribution in [0.4, 0.5) is 0 Å². The summed E-state index contributed by atoms with van der Waals surface area (Å²) in [5, 5.41) is 15.5. The molecule has 0 fully saturated rings. The van der Waals surface area contributed by atoms with E-state index >= 15 is 0 Å². The van der Waals surface area contributed by atoms with Crippen molar-refractivity contribution in [2.75, 3.05) is 0 Å². The van der Waals surface area contributed by atoms with Gasteiger partial charge in [0.2, 0.25) is 5.91 Å². The fourth-order valence-corrected chi connectivity index (χ4v) is 3.98. The third kappa shape index (κ3) is 6.13. The number of dihydropyridines is 1. The normalized spacial score (nSPS) is 14.8. The molecule has 0 radical (unpaired) electrons. The standard InChI is InChI=1S/C27H31N3O4/c1-17(2)13-24(30-12-6-5-7-25(30)31)27(34)29-23(15-26(32)33)20-10-8-18(3)22(14-20)21-11-9-19(4)28-16-21/h5-12,14,16-17,23-24,28H,4,13,15H2,1-3H3,(H,29,34)(H,32,33)/t23-,24?/m0/s1. The van der Waals surface area contributed by atoms with Gasteiger partial charge in [-0.25, -0.2) is 0 Å². The monoisotopic (exact) mass is 461 g/mol. The van der Waals surface area contributed by atoms with Gasteiger partial charge in [0.15, 0.2) is 0 Å². The fraction of sp³-hybridized carbons (Fsp3) is 0.296. The zero-order valence-electron chi connectivity index (χ0n) is 19.7. The maximum absolute atomic E-state index is 13.4. The molecule has 1 aliphatic heterocycles. The second-order valence-corrected chi connectivity index (χ2v) is 8.93. The average Bonchev–Trinajstić information content (AvgIpc) is 2.78. The number of carboxylic acid groups (broad SMARTS) is 1. The van der Waals surface area contributed by atoms with Gasteiger partial charge < -0.3 is 20.3 Å². The van der Waals surface area contributed by atoms with Gasteiger partial charge in [0.25, 0.3) is 5.56 Å². The Morgan fingerprint density at radius 3 is 2.56 bits per heavy atom. The second kappa shape index (κ2) is 10.8. The van der Waals surface area contributed by atoms with Gasteiger partial charge in [-0.3, -0.25) is 14.4 Å². The van der Waals surface area contributed by atoms with E-state index in [2.05, 4.69) is 17.2 Å². The summed E-state index contributed by atoms with van der Waals surface area (Å²) < 4.78 is 1.41. The number of aryl methyl sites for hydroxylation is 1. The summed E-state index contributed by atoms with van der Waals surface area (Å²) in [6, 6.07) is 8.90. The van der Waals surface area contributed by atoms with Crippen LogP contribution in [0.5, 0.6) is 0 Å². The molecule has 2 atom stereocenters. The third-order valence-electron chi connectivity index (χ3n) is 5.73. The van der Waals surface area contributed by atoms with Crippen molar-refractivity contribution in [2.45, 2.75) is 45.7 Å². The number of benzene rings is 1. The Kier molecular flexibility index (Phi) is 7.89. The number of hydrogen-bond donors (Lipinski definition) is 3. The molecule has 2 aromatic rings. The van der Waals surface area contributed by atoms with Gasteiger partial charge in [-0.2, -0.15) is 0 Å². The number of nitrogens with zero attached hydrogens (tertiary/aromatic N) is 1. The van der Waals surface area contributed by atoms with Gasteiger partial charge in [-0.15, -0.1) is 0 Å². The van der Waals surface area contributed by atoms with Crippen molar-refractivity contribution in [3.8, 4) is 0 Å². The van der Waals surface area contributed by atoms with E-state index in [9.17, 15) is 19.5 Å². The van der Waals surface area contributed by atoms with Crippen LogP contribution in [0.15, 0.2) is 78.0 Å². The highest BCUT2D eigenvalue weighted by molar-refractivity contribution is 5.82. The molecule has 7 nitrogen and oxygen atoms in total. The summed E-state index contributed by atoms with van der Waals surface area (Å²) in [6.07, 6.45) is 7.41. The van der Waals surface area contributed by atoms with E-state index in [4.69, 9.17) is 0 Å². The Hall–Kier alpha value is -3.87. The highest BCUT2D eigenvalue weighted by Gasteiger charge is 2.27. The van der Waals surface area contributed by atoms with E-state index in [-0.39, 0.29) is 23.8 Å². The van der Waals surface area contributed by atoms with Crippen LogP contribution in [0.3, 0.4) is 0 Å². The fourth-order valence-electron chi connectivity index (χ4n) is 3.98. The summed E-state index contributed by atoms with van der Waals surface area (Å²) in [6.45, 7) is 9.79. The number of aliphatic carboxylic acids is 1. The van der Waals surface area contributed by atoms with Crippen LogP contribution in [-0.4, -0.2) is 21.6 Å². The van der Waals surface area contributed by atoms with E-state index in [0.717, 1.165) is 22.4 Å². The molecule has 0 saturated heterocycles. The summed E-state index contributed by atoms with van der Waals surface area (Å²) in [5.41, 5.74) is 4.06. The summed E-state index contributed by atoms with van der Waals surface area (Å²) in [4.78, 5) is 37.5. The predicted molar refractivity (Wildman–Crippen MR) is 133 cm³/mol. The molecule has 1 aliphatic rings. The Bertz CT molecular complexity index is 1210. The van der Waals surface area contributed by atoms with Crippen LogP contribution >= 0.6 is 0 Å². The molecule has 1 aromatic heterocycles. The number of carbonyl (C=O) groups is 2. The lowest BCUT2D eigenvalue weighted by Gasteiger charge is -2.25. The van der Waals surface area contributed by atoms with Gasteiger partial charge in [0.05, 0.1) is 12.5 Å². The van der Waals surface area contributed by atoms with E-state index in [1.165, 1.54) is 10.6 Å². The van der Waals surface area contributed by atoms with Gasteiger partial charge >= 0.3 is 5.97 Å². The van der Waals surface area contributed by atoms with Gasteiger partial charge in [0.1, 0.15) is 6.04 Å². The lowest BCUT2D eigenvalue weighted by Crippen LogP contribution is -2.40. The maximum Gasteiger partial charge on any atom is 0.305 e. The van der Waals surface area contributed by atoms with Crippen LogP contribution < -0.4 is 16.2 Å². The number of rotatable bonds is 9. The molecule has 7 heteroatoms. The first kappa shape index (κ1) is 24.8. The number of carbonyl (C=O) groups excluding carboxylic acids is 1. The summed E-state index contributed by atoms with van der Waals surface area (Å²) >= 11 is 0. The molecule has 1 amide bonds. The van der Waals surface area contributed by atoms with Gasteiger partial charge in [0, 0.05) is 24.2 Å². The lowest BCUT2D eigenvalue weighted by molar-refractivity contribution is -0.138. The SMILES string of the molecule is C=C1C=CC(c2cc([C@H](CC(=O)O)NC(=O)C(CC(C)C)n3ccccc3=O)ccc2C)=CN1. The minimum atomic E-state index is -1.03. The second-order valence-electron chi connectivity index (χ2n) is 8.93. The quantitative estimate of drug-likeness (QED) is 0.522. The first-order chi connectivity index (χ1) is 16.2. The average molecular weight is 462 g/mol. The van der Waals surface area contributed by atoms with Crippen molar-refractivity contribution in [3.63, 3.8) is 0 Å². The number of allylic oxidation sites excluding steroid dienone is 3. The minimum absolute atomic E-state index is 0.152. The minimum Gasteiger partial charge on any atom is -0.481 e. The van der Waals surface area contributed by atoms with E-state index in [1.54, 1.807) is 18.3 Å². The van der Waals surface area contributed by atoms with Gasteiger partial charge in [-0.05, 0) is 59.7 Å². The molecule has 0 bridgehead atoms. The van der Waals surface area contributed by atoms with Crippen LogP contribution in [0.25, 0.3) is 5.57 Å². The Labute approximate surface area is 199 Å². The molecule has 1 unspecified atom stereocenters. The zero-order chi connectivity index (χ0) is 24.8. The Morgan fingerprint density at radius 2 is 1.94 bits per heavy atom. The van der Waals surface area contributed by atoms with Crippen molar-refractivity contribution in [1.82, 2.24) is 15.2 Å². The van der Waals surface area contributed by atoms with Crippen molar-refractivity contribution >= 4 is 17.4 Å². The van der Waals surface area contributed by atoms with E-state index in [1.807, 2.05) is 57.3 Å². The summed E-state index contributed by atoms with van der Waals surface area (Å²) in [7, 11) is 0. The molecule has 0 spiro atoms. The largest absolute Gasteiger partial charge is 0.481 e. The molecule has 3 N–H and O–H groups in total. The van der Waals surface area contributed by atoms with Crippen molar-refractivity contribution in [1.29, 1.82) is 0 Å². The van der Waals surface area contributed by atoms with E-state index < -0.39 is 18.1 Å². The smallest absolute Gasteiger partial charge is 0.305 e. The number of nitrogens with one attached hydrogen (secondary N) is 2. The predicted octanol–water partition coefficient (Wildman–Crippen LogP) is 4.09. The first-order valence-corrected chi connectivity index (χ1v) is 11.3. The van der Waals surface area contributed by atoms with Gasteiger partial charge in [-0.1, -0.05) is 44.7 Å². The molecule has 2 heterocycles. The highest BCUT2D eigenvalue weighted by atomic mass is 16.4. The molecule has 0 aliphatic carbocycles. The maximum atomic E-state index is 13.4. The van der Waals surface area contributed by atoms with Crippen molar-refractivity contribution in [2.24, 2.45) is 5.92 Å². The Morgan fingerprint density at radius 1 is 1.18 bits per heavy atom. The van der Waals surface area contributed by atoms with Crippen LogP contribution in [0.1, 0.15) is 55.5 Å². The highest BCUT2D eigenvalue weighted by Crippen LogP contribution is 2.28. The topological polar surface area (TPSA) is 100 Å². The zero-order valence-corrected chi connectivity index (χ0v) is 19.7. The molecular weight excluding hydrogens is 430 g/mol. The molecule has 178 valence electrons. The molecule has 3 rings (SSSR count). The number of hydrogen-bond acceptors (Lipinski definition) is 4. The molecule has 0 saturated carbocycles. The number of carboxylic acids is 1.